The first-order valence-corrected chi connectivity index (χ1v) is 9.11. The molecular weight excluding hydrogens is 388 g/mol. The Hall–Kier alpha value is -3.81. The van der Waals surface area contributed by atoms with Gasteiger partial charge < -0.3 is 24.8 Å². The van der Waals surface area contributed by atoms with Crippen molar-refractivity contribution in [3.63, 3.8) is 0 Å². The monoisotopic (exact) mass is 412 g/mol. The molecule has 2 aromatic carbocycles. The van der Waals surface area contributed by atoms with Crippen molar-refractivity contribution >= 4 is 35.2 Å². The first kappa shape index (κ1) is 22.5. The third-order valence-electron chi connectivity index (χ3n) is 3.92. The number of anilines is 2. The molecule has 2 amide bonds. The van der Waals surface area contributed by atoms with Crippen LogP contribution in [0.3, 0.4) is 0 Å². The zero-order chi connectivity index (χ0) is 22.1. The summed E-state index contributed by atoms with van der Waals surface area (Å²) in [7, 11) is 3.06. The second-order valence-corrected chi connectivity index (χ2v) is 6.31. The molecule has 30 heavy (non-hydrogen) atoms. The van der Waals surface area contributed by atoms with E-state index < -0.39 is 18.0 Å². The molecule has 8 nitrogen and oxygen atoms in total. The first-order chi connectivity index (χ1) is 14.3. The minimum absolute atomic E-state index is 0.187. The minimum atomic E-state index is -1.00. The van der Waals surface area contributed by atoms with Crippen molar-refractivity contribution < 1.29 is 28.6 Å². The lowest BCUT2D eigenvalue weighted by atomic mass is 10.2. The van der Waals surface area contributed by atoms with Crippen LogP contribution in [0.15, 0.2) is 48.5 Å². The van der Waals surface area contributed by atoms with Crippen LogP contribution in [0.1, 0.15) is 19.4 Å². The number of hydrogen-bond acceptors (Lipinski definition) is 6. The molecule has 8 heteroatoms. The molecule has 2 aromatic rings. The average molecular weight is 412 g/mol. The number of rotatable bonds is 8. The molecule has 0 aliphatic heterocycles. The normalized spacial score (nSPS) is 11.5. The molecule has 2 rings (SSSR count). The number of carbonyl (C=O) groups excluding carboxylic acids is 3. The van der Waals surface area contributed by atoms with Crippen LogP contribution < -0.4 is 20.1 Å². The van der Waals surface area contributed by atoms with Crippen molar-refractivity contribution in [1.82, 2.24) is 0 Å². The Kier molecular flexibility index (Phi) is 7.99. The maximum Gasteiger partial charge on any atom is 0.331 e. The maximum atomic E-state index is 12.2. The summed E-state index contributed by atoms with van der Waals surface area (Å²) in [5.74, 6) is -0.167. The van der Waals surface area contributed by atoms with E-state index in [4.69, 9.17) is 14.2 Å². The van der Waals surface area contributed by atoms with E-state index in [0.717, 1.165) is 0 Å². The van der Waals surface area contributed by atoms with E-state index >= 15 is 0 Å². The highest BCUT2D eigenvalue weighted by Gasteiger charge is 2.16. The Bertz CT molecular complexity index is 915. The van der Waals surface area contributed by atoms with Gasteiger partial charge in [-0.05, 0) is 55.0 Å². The zero-order valence-corrected chi connectivity index (χ0v) is 17.2. The van der Waals surface area contributed by atoms with Gasteiger partial charge in [-0.15, -0.1) is 0 Å². The molecule has 0 saturated carbocycles. The van der Waals surface area contributed by atoms with E-state index in [-0.39, 0.29) is 5.91 Å². The fourth-order valence-corrected chi connectivity index (χ4v) is 2.44. The van der Waals surface area contributed by atoms with Crippen molar-refractivity contribution in [3.8, 4) is 11.5 Å². The van der Waals surface area contributed by atoms with E-state index in [1.807, 2.05) is 0 Å². The van der Waals surface area contributed by atoms with E-state index in [1.54, 1.807) is 48.5 Å². The van der Waals surface area contributed by atoms with Crippen LogP contribution in [0, 0.1) is 0 Å². The number of ether oxygens (including phenoxy) is 3. The van der Waals surface area contributed by atoms with Gasteiger partial charge in [0.2, 0.25) is 5.91 Å². The smallest absolute Gasteiger partial charge is 0.331 e. The van der Waals surface area contributed by atoms with Crippen molar-refractivity contribution in [2.75, 3.05) is 24.9 Å². The summed E-state index contributed by atoms with van der Waals surface area (Å²) in [6.45, 7) is 2.88. The Morgan fingerprint density at radius 1 is 0.900 bits per heavy atom. The van der Waals surface area contributed by atoms with Gasteiger partial charge in [-0.2, -0.15) is 0 Å². The molecule has 0 heterocycles. The van der Waals surface area contributed by atoms with Gasteiger partial charge >= 0.3 is 5.97 Å². The van der Waals surface area contributed by atoms with Crippen LogP contribution in [-0.2, 0) is 19.1 Å². The van der Waals surface area contributed by atoms with Gasteiger partial charge in [0.15, 0.2) is 6.10 Å². The largest absolute Gasteiger partial charge is 0.497 e. The Labute approximate surface area is 174 Å². The van der Waals surface area contributed by atoms with Crippen molar-refractivity contribution in [1.29, 1.82) is 0 Å². The topological polar surface area (TPSA) is 103 Å². The molecule has 0 spiro atoms. The number of esters is 1. The predicted octanol–water partition coefficient (Wildman–Crippen LogP) is 3.25. The predicted molar refractivity (Wildman–Crippen MR) is 114 cm³/mol. The molecule has 1 atom stereocenters. The fourth-order valence-electron chi connectivity index (χ4n) is 2.44. The van der Waals surface area contributed by atoms with E-state index in [0.29, 0.717) is 28.4 Å². The summed E-state index contributed by atoms with van der Waals surface area (Å²) in [6.07, 6.45) is 1.76. The molecule has 0 aromatic heterocycles. The molecule has 2 N–H and O–H groups in total. The number of nitrogens with one attached hydrogen (secondary N) is 2. The molecular formula is C22H24N2O6. The SMILES string of the molecule is COc1cc(/C=C/C(=O)O[C@@H](C)C(=O)Nc2ccc(NC(C)=O)cc2)cc(OC)c1. The van der Waals surface area contributed by atoms with Crippen LogP contribution in [-0.4, -0.2) is 38.1 Å². The molecule has 0 aliphatic rings. The lowest BCUT2D eigenvalue weighted by Gasteiger charge is -2.13. The summed E-state index contributed by atoms with van der Waals surface area (Å²) in [6, 6.07) is 11.7. The van der Waals surface area contributed by atoms with Gasteiger partial charge in [0.05, 0.1) is 14.2 Å². The molecule has 158 valence electrons. The Morgan fingerprint density at radius 2 is 1.43 bits per heavy atom. The fraction of sp³-hybridized carbons (Fsp3) is 0.227. The van der Waals surface area contributed by atoms with Crippen molar-refractivity contribution in [2.24, 2.45) is 0 Å². The lowest BCUT2D eigenvalue weighted by molar-refractivity contribution is -0.148. The summed E-state index contributed by atoms with van der Waals surface area (Å²) < 4.78 is 15.5. The summed E-state index contributed by atoms with van der Waals surface area (Å²) in [4.78, 5) is 35.3. The van der Waals surface area contributed by atoms with E-state index in [2.05, 4.69) is 10.6 Å². The second kappa shape index (κ2) is 10.7. The average Bonchev–Trinajstić information content (AvgIpc) is 2.72. The summed E-state index contributed by atoms with van der Waals surface area (Å²) in [5.41, 5.74) is 1.80. The number of amides is 2. The van der Waals surface area contributed by atoms with Gasteiger partial charge in [0, 0.05) is 30.4 Å². The van der Waals surface area contributed by atoms with Crippen LogP contribution in [0.25, 0.3) is 6.08 Å². The maximum absolute atomic E-state index is 12.2. The van der Waals surface area contributed by atoms with Crippen LogP contribution in [0.2, 0.25) is 0 Å². The van der Waals surface area contributed by atoms with Gasteiger partial charge in [-0.1, -0.05) is 0 Å². The number of carbonyl (C=O) groups is 3. The van der Waals surface area contributed by atoms with E-state index in [9.17, 15) is 14.4 Å². The van der Waals surface area contributed by atoms with Gasteiger partial charge in [-0.25, -0.2) is 4.79 Å². The van der Waals surface area contributed by atoms with Crippen LogP contribution >= 0.6 is 0 Å². The van der Waals surface area contributed by atoms with E-state index in [1.165, 1.54) is 34.1 Å². The van der Waals surface area contributed by atoms with Crippen molar-refractivity contribution in [3.05, 3.63) is 54.1 Å². The third-order valence-corrected chi connectivity index (χ3v) is 3.92. The molecule has 0 bridgehead atoms. The van der Waals surface area contributed by atoms with Crippen LogP contribution in [0.4, 0.5) is 11.4 Å². The first-order valence-electron chi connectivity index (χ1n) is 9.11. The van der Waals surface area contributed by atoms with Crippen molar-refractivity contribution in [2.45, 2.75) is 20.0 Å². The summed E-state index contributed by atoms with van der Waals surface area (Å²) >= 11 is 0. The quantitative estimate of drug-likeness (QED) is 0.510. The lowest BCUT2D eigenvalue weighted by Crippen LogP contribution is -2.29. The summed E-state index contributed by atoms with van der Waals surface area (Å²) in [5, 5.41) is 5.28. The zero-order valence-electron chi connectivity index (χ0n) is 17.2. The molecule has 0 radical (unpaired) electrons. The molecule has 0 fully saturated rings. The Morgan fingerprint density at radius 3 is 1.93 bits per heavy atom. The molecule has 0 unspecified atom stereocenters. The highest BCUT2D eigenvalue weighted by Crippen LogP contribution is 2.23. The van der Waals surface area contributed by atoms with Crippen LogP contribution in [0.5, 0.6) is 11.5 Å². The molecule has 0 aliphatic carbocycles. The van der Waals surface area contributed by atoms with Gasteiger partial charge in [-0.3, -0.25) is 9.59 Å². The highest BCUT2D eigenvalue weighted by molar-refractivity contribution is 5.97. The van der Waals surface area contributed by atoms with Gasteiger partial charge in [0.1, 0.15) is 11.5 Å². The number of methoxy groups -OCH3 is 2. The minimum Gasteiger partial charge on any atom is -0.497 e. The standard InChI is InChI=1S/C22H24N2O6/c1-14(22(27)24-18-8-6-17(7-9-18)23-15(2)25)30-21(26)10-5-16-11-19(28-3)13-20(12-16)29-4/h5-14H,1-4H3,(H,23,25)(H,24,27)/b10-5+/t14-/m0/s1. The highest BCUT2D eigenvalue weighted by atomic mass is 16.5. The third kappa shape index (κ3) is 6.97. The number of benzene rings is 2. The molecule has 0 saturated heterocycles. The Balaban J connectivity index is 1.92. The van der Waals surface area contributed by atoms with Gasteiger partial charge in [0.25, 0.3) is 5.91 Å². The number of hydrogen-bond donors (Lipinski definition) is 2. The second-order valence-electron chi connectivity index (χ2n) is 6.31.